The van der Waals surface area contributed by atoms with Crippen molar-refractivity contribution in [2.75, 3.05) is 12.3 Å². The van der Waals surface area contributed by atoms with Crippen LogP contribution in [-0.2, 0) is 43.2 Å². The van der Waals surface area contributed by atoms with Crippen molar-refractivity contribution in [3.8, 4) is 0 Å². The van der Waals surface area contributed by atoms with Gasteiger partial charge in [-0.2, -0.15) is 12.6 Å². The van der Waals surface area contributed by atoms with Gasteiger partial charge in [0.15, 0.2) is 0 Å². The molecular formula is C29H46N6O12S. The lowest BCUT2D eigenvalue weighted by atomic mass is 9.95. The van der Waals surface area contributed by atoms with Crippen LogP contribution in [-0.4, -0.2) is 122 Å². The topological polar surface area (TPSA) is 278 Å². The van der Waals surface area contributed by atoms with Gasteiger partial charge in [-0.3, -0.25) is 38.4 Å². The van der Waals surface area contributed by atoms with Crippen LogP contribution in [0, 0.1) is 11.8 Å². The Hall–Kier alpha value is -4.42. The van der Waals surface area contributed by atoms with Crippen molar-refractivity contribution in [1.82, 2.24) is 31.5 Å². The van der Waals surface area contributed by atoms with Crippen molar-refractivity contribution < 1.29 is 58.5 Å². The lowest BCUT2D eigenvalue weighted by molar-refractivity contribution is -0.145. The smallest absolute Gasteiger partial charge is 0.327 e. The Morgan fingerprint density at radius 3 is 1.73 bits per heavy atom. The molecule has 0 bridgehead atoms. The first-order valence-corrected chi connectivity index (χ1v) is 16.0. The molecule has 1 heterocycles. The van der Waals surface area contributed by atoms with Crippen molar-refractivity contribution in [3.63, 3.8) is 0 Å². The monoisotopic (exact) mass is 702 g/mol. The Labute approximate surface area is 282 Å². The van der Waals surface area contributed by atoms with Gasteiger partial charge in [-0.25, -0.2) is 4.79 Å². The van der Waals surface area contributed by atoms with E-state index in [4.69, 9.17) is 5.11 Å². The zero-order valence-electron chi connectivity index (χ0n) is 27.5. The SMILES string of the molecule is CCC(C)C(NC(=O)C(CC(=O)O)NC(=O)C(CC(=O)O)NC(C)=O)C(=O)NC(C(=O)N1CCC[C@@H]1C(=O)NC(CS)C(=O)O)C(C)C. The summed E-state index contributed by atoms with van der Waals surface area (Å²) >= 11 is 3.94. The molecule has 0 aromatic rings. The molecule has 6 amide bonds. The van der Waals surface area contributed by atoms with Crippen LogP contribution in [0.25, 0.3) is 0 Å². The van der Waals surface area contributed by atoms with Crippen LogP contribution >= 0.6 is 12.6 Å². The predicted molar refractivity (Wildman–Crippen MR) is 170 cm³/mol. The molecule has 1 aliphatic rings. The molecule has 0 aliphatic carbocycles. The first-order chi connectivity index (χ1) is 22.3. The summed E-state index contributed by atoms with van der Waals surface area (Å²) in [5.74, 6) is -10.6. The van der Waals surface area contributed by atoms with Crippen LogP contribution in [0.2, 0.25) is 0 Å². The van der Waals surface area contributed by atoms with E-state index in [0.29, 0.717) is 12.8 Å². The highest BCUT2D eigenvalue weighted by molar-refractivity contribution is 7.80. The number of likely N-dealkylation sites (tertiary alicyclic amines) is 1. The van der Waals surface area contributed by atoms with Gasteiger partial charge in [0.25, 0.3) is 0 Å². The van der Waals surface area contributed by atoms with Gasteiger partial charge in [0, 0.05) is 19.2 Å². The van der Waals surface area contributed by atoms with E-state index in [2.05, 4.69) is 39.2 Å². The van der Waals surface area contributed by atoms with E-state index in [1.165, 1.54) is 4.90 Å². The molecular weight excluding hydrogens is 656 g/mol. The number of carboxylic acids is 3. The van der Waals surface area contributed by atoms with Crippen molar-refractivity contribution in [1.29, 1.82) is 0 Å². The minimum absolute atomic E-state index is 0.165. The molecule has 0 radical (unpaired) electrons. The van der Waals surface area contributed by atoms with E-state index in [1.807, 2.05) is 0 Å². The van der Waals surface area contributed by atoms with E-state index >= 15 is 0 Å². The lowest BCUT2D eigenvalue weighted by Gasteiger charge is -2.33. The number of hydrogen-bond acceptors (Lipinski definition) is 10. The number of nitrogens with zero attached hydrogens (tertiary/aromatic N) is 1. The highest BCUT2D eigenvalue weighted by atomic mass is 32.1. The molecule has 1 rings (SSSR count). The fourth-order valence-corrected chi connectivity index (χ4v) is 5.18. The summed E-state index contributed by atoms with van der Waals surface area (Å²) in [5.41, 5.74) is 0. The van der Waals surface area contributed by atoms with Gasteiger partial charge in [-0.1, -0.05) is 34.1 Å². The van der Waals surface area contributed by atoms with Gasteiger partial charge in [0.05, 0.1) is 12.8 Å². The Bertz CT molecular complexity index is 1230. The zero-order chi connectivity index (χ0) is 36.9. The maximum absolute atomic E-state index is 13.7. The third-order valence-corrected chi connectivity index (χ3v) is 8.11. The van der Waals surface area contributed by atoms with Gasteiger partial charge in [0.1, 0.15) is 36.3 Å². The summed E-state index contributed by atoms with van der Waals surface area (Å²) in [6, 6.07) is -8.19. The maximum atomic E-state index is 13.7. The molecule has 6 unspecified atom stereocenters. The number of thiol groups is 1. The van der Waals surface area contributed by atoms with E-state index in [0.717, 1.165) is 6.92 Å². The molecule has 8 N–H and O–H groups in total. The molecule has 19 heteroatoms. The number of carbonyl (C=O) groups is 9. The summed E-state index contributed by atoms with van der Waals surface area (Å²) in [5, 5.41) is 39.5. The summed E-state index contributed by atoms with van der Waals surface area (Å²) in [6.07, 6.45) is -0.772. The molecule has 270 valence electrons. The van der Waals surface area contributed by atoms with Crippen molar-refractivity contribution in [2.24, 2.45) is 11.8 Å². The third kappa shape index (κ3) is 12.6. The second kappa shape index (κ2) is 19.4. The standard InChI is InChI=1S/C29H46N6O12S/c1-6-14(4)23(34-25(42)17(11-21(39)40)31-24(41)16(10-20(37)38)30-15(5)36)27(44)33-22(13(2)3)28(45)35-9-7-8-19(35)26(43)32-18(12-48)29(46)47/h13-14,16-19,22-23,48H,6-12H2,1-5H3,(H,30,36)(H,31,41)(H,32,43)(H,33,44)(H,34,42)(H,37,38)(H,39,40)(H,46,47)/t14?,16?,17?,18?,19-,22?,23?/m1/s1. The molecule has 48 heavy (non-hydrogen) atoms. The van der Waals surface area contributed by atoms with Gasteiger partial charge < -0.3 is 46.8 Å². The highest BCUT2D eigenvalue weighted by Crippen LogP contribution is 2.21. The van der Waals surface area contributed by atoms with E-state index in [1.54, 1.807) is 27.7 Å². The van der Waals surface area contributed by atoms with Crippen LogP contribution in [0.3, 0.4) is 0 Å². The van der Waals surface area contributed by atoms with Crippen LogP contribution < -0.4 is 26.6 Å². The molecule has 7 atom stereocenters. The number of nitrogens with one attached hydrogen (secondary N) is 5. The molecule has 0 saturated carbocycles. The molecule has 1 aliphatic heterocycles. The van der Waals surface area contributed by atoms with Crippen molar-refractivity contribution in [2.45, 2.75) is 103 Å². The van der Waals surface area contributed by atoms with E-state index in [-0.39, 0.29) is 18.7 Å². The largest absolute Gasteiger partial charge is 0.481 e. The van der Waals surface area contributed by atoms with E-state index in [9.17, 15) is 53.4 Å². The first kappa shape index (κ1) is 41.6. The Kier molecular flexibility index (Phi) is 16.8. The van der Waals surface area contributed by atoms with Gasteiger partial charge in [-0.05, 0) is 24.7 Å². The van der Waals surface area contributed by atoms with Crippen LogP contribution in [0.5, 0.6) is 0 Å². The quantitative estimate of drug-likeness (QED) is 0.0667. The van der Waals surface area contributed by atoms with Gasteiger partial charge >= 0.3 is 17.9 Å². The molecule has 1 fully saturated rings. The number of amides is 6. The summed E-state index contributed by atoms with van der Waals surface area (Å²) in [7, 11) is 0. The number of hydrogen-bond donors (Lipinski definition) is 9. The third-order valence-electron chi connectivity index (χ3n) is 7.74. The van der Waals surface area contributed by atoms with Crippen molar-refractivity contribution in [3.05, 3.63) is 0 Å². The maximum Gasteiger partial charge on any atom is 0.327 e. The average Bonchev–Trinajstić information content (AvgIpc) is 3.48. The summed E-state index contributed by atoms with van der Waals surface area (Å²) in [4.78, 5) is 113. The van der Waals surface area contributed by atoms with Crippen molar-refractivity contribution >= 4 is 66.0 Å². The molecule has 0 aromatic heterocycles. The first-order valence-electron chi connectivity index (χ1n) is 15.4. The molecule has 18 nitrogen and oxygen atoms in total. The van der Waals surface area contributed by atoms with Crippen LogP contribution in [0.1, 0.15) is 66.7 Å². The Balaban J connectivity index is 3.23. The fourth-order valence-electron chi connectivity index (χ4n) is 4.93. The second-order valence-corrected chi connectivity index (χ2v) is 12.2. The number of rotatable bonds is 19. The van der Waals surface area contributed by atoms with Gasteiger partial charge in [-0.15, -0.1) is 0 Å². The zero-order valence-corrected chi connectivity index (χ0v) is 28.4. The Morgan fingerprint density at radius 2 is 1.27 bits per heavy atom. The molecule has 1 saturated heterocycles. The minimum Gasteiger partial charge on any atom is -0.481 e. The number of carboxylic acid groups (broad SMARTS) is 3. The van der Waals surface area contributed by atoms with Crippen LogP contribution in [0.15, 0.2) is 0 Å². The number of aliphatic carboxylic acids is 3. The normalized spacial score (nSPS) is 17.9. The van der Waals surface area contributed by atoms with Gasteiger partial charge in [0.2, 0.25) is 35.4 Å². The fraction of sp³-hybridized carbons (Fsp3) is 0.690. The highest BCUT2D eigenvalue weighted by Gasteiger charge is 2.41. The second-order valence-electron chi connectivity index (χ2n) is 11.9. The summed E-state index contributed by atoms with van der Waals surface area (Å²) < 4.78 is 0. The lowest BCUT2D eigenvalue weighted by Crippen LogP contribution is -2.61. The Morgan fingerprint density at radius 1 is 0.750 bits per heavy atom. The molecule has 0 aromatic carbocycles. The van der Waals surface area contributed by atoms with Crippen LogP contribution in [0.4, 0.5) is 0 Å². The molecule has 0 spiro atoms. The predicted octanol–water partition coefficient (Wildman–Crippen LogP) is -1.91. The van der Waals surface area contributed by atoms with E-state index < -0.39 is 114 Å². The summed E-state index contributed by atoms with van der Waals surface area (Å²) in [6.45, 7) is 7.82. The minimum atomic E-state index is -1.78. The average molecular weight is 703 g/mol. The number of carbonyl (C=O) groups excluding carboxylic acids is 6.